The first-order valence-corrected chi connectivity index (χ1v) is 5.76. The summed E-state index contributed by atoms with van der Waals surface area (Å²) in [4.78, 5) is 23.8. The molecule has 0 radical (unpaired) electrons. The fourth-order valence-electron chi connectivity index (χ4n) is 1.43. The highest BCUT2D eigenvalue weighted by Gasteiger charge is 2.20. The van der Waals surface area contributed by atoms with Gasteiger partial charge in [0, 0.05) is 18.8 Å². The van der Waals surface area contributed by atoms with Gasteiger partial charge in [-0.05, 0) is 20.8 Å². The number of aryl methyl sites for hydroxylation is 1. The Labute approximate surface area is 105 Å². The summed E-state index contributed by atoms with van der Waals surface area (Å²) < 4.78 is 1.67. The van der Waals surface area contributed by atoms with E-state index >= 15 is 0 Å². The Morgan fingerprint density at radius 3 is 2.67 bits per heavy atom. The van der Waals surface area contributed by atoms with Crippen LogP contribution in [0.4, 0.5) is 10.5 Å². The number of amides is 2. The molecule has 0 aliphatic carbocycles. The van der Waals surface area contributed by atoms with E-state index in [-0.39, 0.29) is 12.6 Å². The van der Waals surface area contributed by atoms with Gasteiger partial charge in [-0.1, -0.05) is 0 Å². The molecule has 1 aromatic rings. The zero-order valence-electron chi connectivity index (χ0n) is 10.8. The SMILES string of the molecule is CCn1cc(NC(=O)N(CC(=O)O)C(C)C)cn1. The maximum atomic E-state index is 11.9. The van der Waals surface area contributed by atoms with E-state index < -0.39 is 12.0 Å². The quantitative estimate of drug-likeness (QED) is 0.827. The molecule has 1 aromatic heterocycles. The largest absolute Gasteiger partial charge is 0.480 e. The van der Waals surface area contributed by atoms with Crippen molar-refractivity contribution in [3.63, 3.8) is 0 Å². The third-order valence-electron chi connectivity index (χ3n) is 2.40. The van der Waals surface area contributed by atoms with Crippen LogP contribution in [-0.4, -0.2) is 44.4 Å². The minimum Gasteiger partial charge on any atom is -0.480 e. The van der Waals surface area contributed by atoms with Crippen molar-refractivity contribution < 1.29 is 14.7 Å². The smallest absolute Gasteiger partial charge is 0.323 e. The minimum absolute atomic E-state index is 0.192. The molecular formula is C11H18N4O3. The first-order valence-electron chi connectivity index (χ1n) is 5.76. The number of aromatic nitrogens is 2. The molecule has 2 N–H and O–H groups in total. The van der Waals surface area contributed by atoms with Crippen molar-refractivity contribution >= 4 is 17.7 Å². The van der Waals surface area contributed by atoms with E-state index in [1.807, 2.05) is 6.92 Å². The van der Waals surface area contributed by atoms with Crippen LogP contribution in [-0.2, 0) is 11.3 Å². The summed E-state index contributed by atoms with van der Waals surface area (Å²) in [5.74, 6) is -1.04. The van der Waals surface area contributed by atoms with Crippen molar-refractivity contribution in [1.82, 2.24) is 14.7 Å². The Morgan fingerprint density at radius 1 is 1.56 bits per heavy atom. The van der Waals surface area contributed by atoms with Crippen LogP contribution in [0, 0.1) is 0 Å². The van der Waals surface area contributed by atoms with Gasteiger partial charge in [0.25, 0.3) is 0 Å². The van der Waals surface area contributed by atoms with Gasteiger partial charge in [0.2, 0.25) is 0 Å². The van der Waals surface area contributed by atoms with Gasteiger partial charge in [0.1, 0.15) is 6.54 Å². The van der Waals surface area contributed by atoms with Crippen LogP contribution >= 0.6 is 0 Å². The van der Waals surface area contributed by atoms with E-state index in [1.165, 1.54) is 11.1 Å². The highest BCUT2D eigenvalue weighted by Crippen LogP contribution is 2.08. The molecule has 0 aliphatic rings. The van der Waals surface area contributed by atoms with Gasteiger partial charge < -0.3 is 15.3 Å². The van der Waals surface area contributed by atoms with Crippen molar-refractivity contribution in [3.8, 4) is 0 Å². The molecule has 0 aromatic carbocycles. The fourth-order valence-corrected chi connectivity index (χ4v) is 1.43. The van der Waals surface area contributed by atoms with E-state index in [9.17, 15) is 9.59 Å². The predicted molar refractivity (Wildman–Crippen MR) is 66.4 cm³/mol. The lowest BCUT2D eigenvalue weighted by molar-refractivity contribution is -0.137. The van der Waals surface area contributed by atoms with E-state index in [0.29, 0.717) is 12.2 Å². The van der Waals surface area contributed by atoms with Gasteiger partial charge in [-0.2, -0.15) is 5.10 Å². The van der Waals surface area contributed by atoms with Gasteiger partial charge in [0.05, 0.1) is 11.9 Å². The topological polar surface area (TPSA) is 87.5 Å². The third kappa shape index (κ3) is 3.76. The zero-order chi connectivity index (χ0) is 13.7. The third-order valence-corrected chi connectivity index (χ3v) is 2.40. The van der Waals surface area contributed by atoms with Gasteiger partial charge in [-0.25, -0.2) is 4.79 Å². The van der Waals surface area contributed by atoms with Gasteiger partial charge >= 0.3 is 12.0 Å². The number of urea groups is 1. The summed E-state index contributed by atoms with van der Waals surface area (Å²) in [7, 11) is 0. The number of carboxylic acid groups (broad SMARTS) is 1. The molecule has 0 saturated heterocycles. The number of aliphatic carboxylic acids is 1. The number of anilines is 1. The number of carbonyl (C=O) groups is 2. The number of nitrogens with zero attached hydrogens (tertiary/aromatic N) is 3. The van der Waals surface area contributed by atoms with Crippen molar-refractivity contribution in [1.29, 1.82) is 0 Å². The highest BCUT2D eigenvalue weighted by atomic mass is 16.4. The first-order chi connectivity index (χ1) is 8.43. The van der Waals surface area contributed by atoms with E-state index in [0.717, 1.165) is 0 Å². The second-order valence-corrected chi connectivity index (χ2v) is 4.13. The van der Waals surface area contributed by atoms with Crippen molar-refractivity contribution in [3.05, 3.63) is 12.4 Å². The molecule has 0 spiro atoms. The molecule has 0 aliphatic heterocycles. The second-order valence-electron chi connectivity index (χ2n) is 4.13. The van der Waals surface area contributed by atoms with Crippen molar-refractivity contribution in [2.24, 2.45) is 0 Å². The summed E-state index contributed by atoms with van der Waals surface area (Å²) >= 11 is 0. The molecule has 0 atom stereocenters. The molecule has 0 unspecified atom stereocenters. The number of nitrogens with one attached hydrogen (secondary N) is 1. The van der Waals surface area contributed by atoms with E-state index in [1.54, 1.807) is 24.7 Å². The van der Waals surface area contributed by atoms with E-state index in [4.69, 9.17) is 5.11 Å². The molecule has 7 nitrogen and oxygen atoms in total. The lowest BCUT2D eigenvalue weighted by Crippen LogP contribution is -2.43. The Morgan fingerprint density at radius 2 is 2.22 bits per heavy atom. The fraction of sp³-hybridized carbons (Fsp3) is 0.545. The number of rotatable bonds is 5. The van der Waals surface area contributed by atoms with Crippen LogP contribution < -0.4 is 5.32 Å². The van der Waals surface area contributed by atoms with Crippen LogP contribution in [0.25, 0.3) is 0 Å². The summed E-state index contributed by atoms with van der Waals surface area (Å²) in [6.45, 7) is 5.84. The summed E-state index contributed by atoms with van der Waals surface area (Å²) in [6.07, 6.45) is 3.22. The van der Waals surface area contributed by atoms with Crippen LogP contribution in [0.15, 0.2) is 12.4 Å². The molecule has 1 heterocycles. The van der Waals surface area contributed by atoms with Crippen LogP contribution in [0.5, 0.6) is 0 Å². The number of hydrogen-bond donors (Lipinski definition) is 2. The van der Waals surface area contributed by atoms with Crippen molar-refractivity contribution in [2.75, 3.05) is 11.9 Å². The molecule has 0 bridgehead atoms. The number of carboxylic acids is 1. The van der Waals surface area contributed by atoms with Gasteiger partial charge in [-0.15, -0.1) is 0 Å². The Hall–Kier alpha value is -2.05. The zero-order valence-corrected chi connectivity index (χ0v) is 10.8. The van der Waals surface area contributed by atoms with Crippen LogP contribution in [0.1, 0.15) is 20.8 Å². The standard InChI is InChI=1S/C11H18N4O3/c1-4-14-6-9(5-12-14)13-11(18)15(8(2)3)7-10(16)17/h5-6,8H,4,7H2,1-3H3,(H,13,18)(H,16,17). The molecular weight excluding hydrogens is 236 g/mol. The predicted octanol–water partition coefficient (Wildman–Crippen LogP) is 1.23. The normalized spacial score (nSPS) is 10.4. The average Bonchev–Trinajstić information content (AvgIpc) is 2.72. The van der Waals surface area contributed by atoms with Gasteiger partial charge in [-0.3, -0.25) is 9.48 Å². The molecule has 18 heavy (non-hydrogen) atoms. The number of carbonyl (C=O) groups excluding carboxylic acids is 1. The molecule has 0 saturated carbocycles. The minimum atomic E-state index is -1.04. The average molecular weight is 254 g/mol. The van der Waals surface area contributed by atoms with Crippen molar-refractivity contribution in [2.45, 2.75) is 33.4 Å². The molecule has 0 fully saturated rings. The Kier molecular flexibility index (Phi) is 4.70. The summed E-state index contributed by atoms with van der Waals surface area (Å²) in [6, 6.07) is -0.634. The number of hydrogen-bond acceptors (Lipinski definition) is 3. The highest BCUT2D eigenvalue weighted by molar-refractivity contribution is 5.91. The first kappa shape index (κ1) is 14.0. The Balaban J connectivity index is 2.69. The van der Waals surface area contributed by atoms with Crippen LogP contribution in [0.2, 0.25) is 0 Å². The molecule has 1 rings (SSSR count). The maximum Gasteiger partial charge on any atom is 0.323 e. The Bertz CT molecular complexity index is 428. The maximum absolute atomic E-state index is 11.9. The van der Waals surface area contributed by atoms with Crippen LogP contribution in [0.3, 0.4) is 0 Å². The lowest BCUT2D eigenvalue weighted by Gasteiger charge is -2.24. The van der Waals surface area contributed by atoms with Gasteiger partial charge in [0.15, 0.2) is 0 Å². The molecule has 2 amide bonds. The summed E-state index contributed by atoms with van der Waals surface area (Å²) in [5, 5.41) is 15.4. The molecule has 100 valence electrons. The van der Waals surface area contributed by atoms with E-state index in [2.05, 4.69) is 10.4 Å². The lowest BCUT2D eigenvalue weighted by atomic mass is 10.3. The monoisotopic (exact) mass is 254 g/mol. The molecule has 7 heteroatoms. The summed E-state index contributed by atoms with van der Waals surface area (Å²) in [5.41, 5.74) is 0.554. The second kappa shape index (κ2) is 6.04.